The Morgan fingerprint density at radius 1 is 1.21 bits per heavy atom. The van der Waals surface area contributed by atoms with Gasteiger partial charge in [0.1, 0.15) is 17.8 Å². The van der Waals surface area contributed by atoms with Crippen LogP contribution in [0.5, 0.6) is 0 Å². The molecule has 0 saturated heterocycles. The lowest BCUT2D eigenvalue weighted by Gasteiger charge is -2.18. The molecule has 0 radical (unpaired) electrons. The van der Waals surface area contributed by atoms with Gasteiger partial charge in [0, 0.05) is 17.7 Å². The van der Waals surface area contributed by atoms with Gasteiger partial charge in [0.2, 0.25) is 0 Å². The highest BCUT2D eigenvalue weighted by Crippen LogP contribution is 2.34. The number of rotatable bonds is 5. The number of carbonyl (C=O) groups is 1. The summed E-state index contributed by atoms with van der Waals surface area (Å²) < 4.78 is 14.9. The Hall–Kier alpha value is -3.35. The number of halogens is 1. The minimum Gasteiger partial charge on any atom is -0.299 e. The molecule has 0 bridgehead atoms. The molecule has 0 atom stereocenters. The van der Waals surface area contributed by atoms with E-state index in [1.54, 1.807) is 25.1 Å². The number of carbonyl (C=O) groups excluding carboxylic acids is 1. The number of nitrogens with zero attached hydrogens (tertiary/aromatic N) is 2. The summed E-state index contributed by atoms with van der Waals surface area (Å²) in [7, 11) is 0. The van der Waals surface area contributed by atoms with E-state index in [9.17, 15) is 18.8 Å². The highest BCUT2D eigenvalue weighted by Gasteiger charge is 2.21. The molecule has 0 aliphatic carbocycles. The van der Waals surface area contributed by atoms with Crippen molar-refractivity contribution < 1.29 is 9.18 Å². The Bertz CT molecular complexity index is 1190. The minimum absolute atomic E-state index is 0.0467. The van der Waals surface area contributed by atoms with E-state index in [0.717, 1.165) is 0 Å². The van der Waals surface area contributed by atoms with Crippen molar-refractivity contribution in [3.05, 3.63) is 68.3 Å². The Kier molecular flexibility index (Phi) is 5.35. The molecular weight excluding hydrogens is 361 g/mol. The van der Waals surface area contributed by atoms with Gasteiger partial charge in [0.05, 0.1) is 11.1 Å². The molecule has 1 aromatic carbocycles. The summed E-state index contributed by atoms with van der Waals surface area (Å²) >= 11 is 0. The molecule has 2 heterocycles. The van der Waals surface area contributed by atoms with Crippen LogP contribution in [0, 0.1) is 5.82 Å². The lowest BCUT2D eigenvalue weighted by molar-refractivity contribution is -0.104. The highest BCUT2D eigenvalue weighted by molar-refractivity contribution is 5.98. The summed E-state index contributed by atoms with van der Waals surface area (Å²) in [6, 6.07) is 5.72. The predicted molar refractivity (Wildman–Crippen MR) is 107 cm³/mol. The van der Waals surface area contributed by atoms with Crippen molar-refractivity contribution in [3.8, 4) is 11.1 Å². The molecule has 3 rings (SSSR count). The van der Waals surface area contributed by atoms with Crippen LogP contribution in [0.2, 0.25) is 0 Å². The maximum absolute atomic E-state index is 13.5. The summed E-state index contributed by atoms with van der Waals surface area (Å²) in [5.41, 5.74) is 1.48. The molecule has 7 heteroatoms. The van der Waals surface area contributed by atoms with E-state index in [1.807, 2.05) is 13.8 Å². The summed E-state index contributed by atoms with van der Waals surface area (Å²) in [6.07, 6.45) is 3.56. The first kappa shape index (κ1) is 19.4. The lowest BCUT2D eigenvalue weighted by Crippen LogP contribution is -2.31. The first-order valence-electron chi connectivity index (χ1n) is 8.97. The maximum atomic E-state index is 13.5. The van der Waals surface area contributed by atoms with Crippen molar-refractivity contribution in [2.24, 2.45) is 0 Å². The van der Waals surface area contributed by atoms with E-state index in [-0.39, 0.29) is 17.0 Å². The van der Waals surface area contributed by atoms with Gasteiger partial charge in [0.15, 0.2) is 0 Å². The van der Waals surface area contributed by atoms with Gasteiger partial charge in [-0.05, 0) is 42.7 Å². The zero-order valence-electron chi connectivity index (χ0n) is 15.8. The van der Waals surface area contributed by atoms with Crippen LogP contribution in [0.1, 0.15) is 37.9 Å². The summed E-state index contributed by atoms with van der Waals surface area (Å²) in [6.45, 7) is 5.97. The number of aryl methyl sites for hydroxylation is 1. The van der Waals surface area contributed by atoms with Gasteiger partial charge in [-0.2, -0.15) is 0 Å². The summed E-state index contributed by atoms with van der Waals surface area (Å²) in [5, 5.41) is 0.225. The van der Waals surface area contributed by atoms with Gasteiger partial charge in [-0.15, -0.1) is 0 Å². The van der Waals surface area contributed by atoms with Crippen LogP contribution in [0.4, 0.5) is 4.39 Å². The van der Waals surface area contributed by atoms with Gasteiger partial charge >= 0.3 is 5.69 Å². The van der Waals surface area contributed by atoms with E-state index >= 15 is 0 Å². The Morgan fingerprint density at radius 2 is 1.89 bits per heavy atom. The largest absolute Gasteiger partial charge is 0.329 e. The minimum atomic E-state index is -0.576. The topological polar surface area (TPSA) is 84.8 Å². The second kappa shape index (κ2) is 7.72. The summed E-state index contributed by atoms with van der Waals surface area (Å²) in [5.74, 6) is -0.454. The maximum Gasteiger partial charge on any atom is 0.329 e. The third kappa shape index (κ3) is 3.31. The predicted octanol–water partition coefficient (Wildman–Crippen LogP) is 3.25. The number of aromatic nitrogens is 3. The molecule has 6 nitrogen and oxygen atoms in total. The Morgan fingerprint density at radius 3 is 2.46 bits per heavy atom. The van der Waals surface area contributed by atoms with Crippen LogP contribution in [0.15, 0.2) is 39.9 Å². The van der Waals surface area contributed by atoms with Crippen LogP contribution in [-0.2, 0) is 11.3 Å². The molecule has 144 valence electrons. The molecule has 28 heavy (non-hydrogen) atoms. The third-order valence-corrected chi connectivity index (χ3v) is 4.53. The van der Waals surface area contributed by atoms with Crippen molar-refractivity contribution in [2.75, 3.05) is 0 Å². The van der Waals surface area contributed by atoms with E-state index in [2.05, 4.69) is 9.97 Å². The molecule has 0 unspecified atom stereocenters. The number of pyridine rings is 1. The van der Waals surface area contributed by atoms with Crippen LogP contribution in [0.3, 0.4) is 0 Å². The quantitative estimate of drug-likeness (QED) is 0.543. The second-order valence-electron chi connectivity index (χ2n) is 6.64. The Balaban J connectivity index is 2.63. The number of benzene rings is 1. The van der Waals surface area contributed by atoms with E-state index in [0.29, 0.717) is 35.2 Å². The molecule has 0 fully saturated rings. The molecule has 0 aliphatic rings. The number of aromatic amines is 1. The average molecular weight is 381 g/mol. The fourth-order valence-corrected chi connectivity index (χ4v) is 3.29. The zero-order valence-corrected chi connectivity index (χ0v) is 15.8. The smallest absolute Gasteiger partial charge is 0.299 e. The first-order chi connectivity index (χ1) is 13.4. The molecule has 0 amide bonds. The fourth-order valence-electron chi connectivity index (χ4n) is 3.29. The van der Waals surface area contributed by atoms with Crippen LogP contribution in [0.25, 0.3) is 28.2 Å². The lowest BCUT2D eigenvalue weighted by atomic mass is 9.92. The van der Waals surface area contributed by atoms with Gasteiger partial charge < -0.3 is 0 Å². The fraction of sp³-hybridized carbons (Fsp3) is 0.238. The standard InChI is InChI=1S/C21H20FN3O3/c1-4-25-19-17(20(27)24-21(25)28)16(13-7-9-14(22)10-8-13)15(6-5-11-26)18(23-19)12(2)3/h5-12H,4H2,1-3H3,(H,24,27,28)/b6-5+. The molecule has 1 N–H and O–H groups in total. The van der Waals surface area contributed by atoms with Gasteiger partial charge in [-0.3, -0.25) is 19.1 Å². The van der Waals surface area contributed by atoms with Crippen LogP contribution in [-0.4, -0.2) is 20.8 Å². The van der Waals surface area contributed by atoms with E-state index < -0.39 is 17.1 Å². The number of H-pyrrole nitrogens is 1. The van der Waals surface area contributed by atoms with Crippen molar-refractivity contribution in [1.29, 1.82) is 0 Å². The molecular formula is C21H20FN3O3. The zero-order chi connectivity index (χ0) is 20.4. The first-order valence-corrected chi connectivity index (χ1v) is 8.97. The van der Waals surface area contributed by atoms with Crippen molar-refractivity contribution >= 4 is 23.4 Å². The molecule has 0 spiro atoms. The Labute approximate surface area is 160 Å². The monoisotopic (exact) mass is 381 g/mol. The van der Waals surface area contributed by atoms with E-state index in [4.69, 9.17) is 0 Å². The molecule has 3 aromatic rings. The normalized spacial score (nSPS) is 11.6. The van der Waals surface area contributed by atoms with E-state index in [1.165, 1.54) is 22.8 Å². The van der Waals surface area contributed by atoms with Gasteiger partial charge in [-0.1, -0.05) is 26.0 Å². The number of hydrogen-bond donors (Lipinski definition) is 1. The van der Waals surface area contributed by atoms with Gasteiger partial charge in [0.25, 0.3) is 5.56 Å². The average Bonchev–Trinajstić information content (AvgIpc) is 2.66. The van der Waals surface area contributed by atoms with Crippen molar-refractivity contribution in [2.45, 2.75) is 33.2 Å². The number of nitrogens with one attached hydrogen (secondary N) is 1. The third-order valence-electron chi connectivity index (χ3n) is 4.53. The number of fused-ring (bicyclic) bond motifs is 1. The number of aldehydes is 1. The van der Waals surface area contributed by atoms with Gasteiger partial charge in [-0.25, -0.2) is 14.2 Å². The van der Waals surface area contributed by atoms with Crippen molar-refractivity contribution in [1.82, 2.24) is 14.5 Å². The van der Waals surface area contributed by atoms with Crippen LogP contribution < -0.4 is 11.2 Å². The molecule has 2 aromatic heterocycles. The SMILES string of the molecule is CCn1c(=O)[nH]c(=O)c2c(-c3ccc(F)cc3)c(/C=C/C=O)c(C(C)C)nc21. The van der Waals surface area contributed by atoms with Crippen molar-refractivity contribution in [3.63, 3.8) is 0 Å². The number of allylic oxidation sites excluding steroid dienone is 1. The molecule has 0 aliphatic heterocycles. The second-order valence-corrected chi connectivity index (χ2v) is 6.64. The highest BCUT2D eigenvalue weighted by atomic mass is 19.1. The van der Waals surface area contributed by atoms with Crippen LogP contribution >= 0.6 is 0 Å². The number of hydrogen-bond acceptors (Lipinski definition) is 4. The molecule has 0 saturated carbocycles. The summed E-state index contributed by atoms with van der Waals surface area (Å²) in [4.78, 5) is 42.9.